The van der Waals surface area contributed by atoms with Crippen molar-refractivity contribution in [1.82, 2.24) is 0 Å². The van der Waals surface area contributed by atoms with Gasteiger partial charge in [0.15, 0.2) is 0 Å². The molecule has 0 aliphatic carbocycles. The van der Waals surface area contributed by atoms with E-state index in [0.29, 0.717) is 16.9 Å². The van der Waals surface area contributed by atoms with Gasteiger partial charge in [0.2, 0.25) is 0 Å². The molecule has 0 radical (unpaired) electrons. The summed E-state index contributed by atoms with van der Waals surface area (Å²) in [4.78, 5) is 10.5. The molecule has 0 fully saturated rings. The number of rotatable bonds is 3. The zero-order valence-electron chi connectivity index (χ0n) is 8.00. The summed E-state index contributed by atoms with van der Waals surface area (Å²) in [6, 6.07) is 2.77. The van der Waals surface area contributed by atoms with Gasteiger partial charge in [-0.15, -0.1) is 0 Å². The number of carbonyl (C=O) groups is 1. The Balaban J connectivity index is 3.13. The molecule has 0 spiro atoms. The molecule has 1 N–H and O–H groups in total. The standard InChI is InChI=1S/C10H11FO3/c1-6-7(4-10(12)13)3-8(14-2)5-9(6)11/h3,5H,4H2,1-2H3,(H,12,13). The lowest BCUT2D eigenvalue weighted by atomic mass is 10.0. The van der Waals surface area contributed by atoms with Crippen LogP contribution in [-0.2, 0) is 11.2 Å². The second-order valence-electron chi connectivity index (χ2n) is 2.96. The molecule has 0 atom stereocenters. The molecule has 3 nitrogen and oxygen atoms in total. The SMILES string of the molecule is COc1cc(F)c(C)c(CC(=O)O)c1. The molecular weight excluding hydrogens is 187 g/mol. The summed E-state index contributed by atoms with van der Waals surface area (Å²) in [5.74, 6) is -1.09. The molecule has 0 saturated heterocycles. The molecule has 14 heavy (non-hydrogen) atoms. The minimum Gasteiger partial charge on any atom is -0.497 e. The van der Waals surface area contributed by atoms with Crippen molar-refractivity contribution in [2.24, 2.45) is 0 Å². The molecule has 0 aromatic heterocycles. The van der Waals surface area contributed by atoms with Crippen LogP contribution < -0.4 is 4.74 Å². The minimum absolute atomic E-state index is 0.194. The molecule has 0 aliphatic rings. The third-order valence-corrected chi connectivity index (χ3v) is 2.00. The van der Waals surface area contributed by atoms with E-state index in [-0.39, 0.29) is 6.42 Å². The monoisotopic (exact) mass is 198 g/mol. The average Bonchev–Trinajstić information content (AvgIpc) is 2.11. The predicted molar refractivity (Wildman–Crippen MR) is 49.0 cm³/mol. The number of halogens is 1. The van der Waals surface area contributed by atoms with E-state index in [9.17, 15) is 9.18 Å². The van der Waals surface area contributed by atoms with E-state index < -0.39 is 11.8 Å². The summed E-state index contributed by atoms with van der Waals surface area (Å²) in [5, 5.41) is 8.58. The van der Waals surface area contributed by atoms with Gasteiger partial charge in [0.25, 0.3) is 0 Å². The van der Waals surface area contributed by atoms with Crippen molar-refractivity contribution in [2.45, 2.75) is 13.3 Å². The number of carboxylic acid groups (broad SMARTS) is 1. The van der Waals surface area contributed by atoms with E-state index in [1.54, 1.807) is 6.92 Å². The zero-order chi connectivity index (χ0) is 10.7. The first-order valence-corrected chi connectivity index (χ1v) is 4.09. The maximum atomic E-state index is 13.2. The van der Waals surface area contributed by atoms with Crippen LogP contribution in [0.25, 0.3) is 0 Å². The van der Waals surface area contributed by atoms with Crippen molar-refractivity contribution in [3.05, 3.63) is 29.1 Å². The van der Waals surface area contributed by atoms with Crippen molar-refractivity contribution in [3.8, 4) is 5.75 Å². The first-order chi connectivity index (χ1) is 6.54. The van der Waals surface area contributed by atoms with Gasteiger partial charge in [-0.2, -0.15) is 0 Å². The number of methoxy groups -OCH3 is 1. The first kappa shape index (κ1) is 10.5. The third kappa shape index (κ3) is 2.22. The topological polar surface area (TPSA) is 46.5 Å². The van der Waals surface area contributed by atoms with Gasteiger partial charge >= 0.3 is 5.97 Å². The van der Waals surface area contributed by atoms with Crippen LogP contribution in [0.15, 0.2) is 12.1 Å². The lowest BCUT2D eigenvalue weighted by Crippen LogP contribution is -2.03. The van der Waals surface area contributed by atoms with E-state index in [2.05, 4.69) is 0 Å². The molecule has 0 bridgehead atoms. The lowest BCUT2D eigenvalue weighted by Gasteiger charge is -2.07. The molecule has 1 aromatic carbocycles. The largest absolute Gasteiger partial charge is 0.497 e. The van der Waals surface area contributed by atoms with Crippen LogP contribution in [0.4, 0.5) is 4.39 Å². The van der Waals surface area contributed by atoms with E-state index in [1.165, 1.54) is 19.2 Å². The molecule has 0 saturated carbocycles. The number of hydrogen-bond donors (Lipinski definition) is 1. The van der Waals surface area contributed by atoms with Gasteiger partial charge in [0.05, 0.1) is 13.5 Å². The van der Waals surface area contributed by atoms with Crippen molar-refractivity contribution in [2.75, 3.05) is 7.11 Å². The molecule has 0 unspecified atom stereocenters. The quantitative estimate of drug-likeness (QED) is 0.805. The van der Waals surface area contributed by atoms with Crippen LogP contribution in [0.1, 0.15) is 11.1 Å². The molecule has 0 amide bonds. The summed E-state index contributed by atoms with van der Waals surface area (Å²) in [7, 11) is 1.41. The summed E-state index contributed by atoms with van der Waals surface area (Å²) in [5.41, 5.74) is 0.794. The van der Waals surface area contributed by atoms with Gasteiger partial charge in [0, 0.05) is 6.07 Å². The van der Waals surface area contributed by atoms with Crippen LogP contribution in [-0.4, -0.2) is 18.2 Å². The van der Waals surface area contributed by atoms with Gasteiger partial charge in [-0.3, -0.25) is 4.79 Å². The summed E-state index contributed by atoms with van der Waals surface area (Å²) in [6.45, 7) is 1.55. The molecule has 1 aromatic rings. The number of benzene rings is 1. The van der Waals surface area contributed by atoms with Crippen molar-refractivity contribution in [1.29, 1.82) is 0 Å². The molecule has 4 heteroatoms. The highest BCUT2D eigenvalue weighted by molar-refractivity contribution is 5.71. The van der Waals surface area contributed by atoms with E-state index in [1.807, 2.05) is 0 Å². The fraction of sp³-hybridized carbons (Fsp3) is 0.300. The maximum Gasteiger partial charge on any atom is 0.307 e. The Morgan fingerprint density at radius 3 is 2.71 bits per heavy atom. The van der Waals surface area contributed by atoms with E-state index in [4.69, 9.17) is 9.84 Å². The normalized spacial score (nSPS) is 9.93. The molecule has 0 heterocycles. The van der Waals surface area contributed by atoms with Crippen LogP contribution in [0, 0.1) is 12.7 Å². The summed E-state index contributed by atoms with van der Waals surface area (Å²) in [6.07, 6.45) is -0.194. The summed E-state index contributed by atoms with van der Waals surface area (Å²) < 4.78 is 18.0. The Morgan fingerprint density at radius 1 is 1.57 bits per heavy atom. The Morgan fingerprint density at radius 2 is 2.21 bits per heavy atom. The van der Waals surface area contributed by atoms with Gasteiger partial charge in [-0.1, -0.05) is 0 Å². The Kier molecular flexibility index (Phi) is 3.06. The second-order valence-corrected chi connectivity index (χ2v) is 2.96. The lowest BCUT2D eigenvalue weighted by molar-refractivity contribution is -0.136. The zero-order valence-corrected chi connectivity index (χ0v) is 8.00. The van der Waals surface area contributed by atoms with Crippen LogP contribution >= 0.6 is 0 Å². The van der Waals surface area contributed by atoms with Crippen LogP contribution in [0.2, 0.25) is 0 Å². The van der Waals surface area contributed by atoms with Crippen molar-refractivity contribution >= 4 is 5.97 Å². The van der Waals surface area contributed by atoms with Gasteiger partial charge in [-0.25, -0.2) is 4.39 Å². The molecule has 76 valence electrons. The van der Waals surface area contributed by atoms with Gasteiger partial charge in [0.1, 0.15) is 11.6 Å². The highest BCUT2D eigenvalue weighted by Gasteiger charge is 2.10. The van der Waals surface area contributed by atoms with Gasteiger partial charge in [-0.05, 0) is 24.1 Å². The molecule has 0 aliphatic heterocycles. The van der Waals surface area contributed by atoms with Crippen molar-refractivity contribution < 1.29 is 19.0 Å². The predicted octanol–water partition coefficient (Wildman–Crippen LogP) is 1.77. The van der Waals surface area contributed by atoms with Crippen molar-refractivity contribution in [3.63, 3.8) is 0 Å². The van der Waals surface area contributed by atoms with Gasteiger partial charge < -0.3 is 9.84 Å². The minimum atomic E-state index is -0.985. The highest BCUT2D eigenvalue weighted by Crippen LogP contribution is 2.21. The number of carboxylic acids is 1. The second kappa shape index (κ2) is 4.09. The third-order valence-electron chi connectivity index (χ3n) is 2.00. The smallest absolute Gasteiger partial charge is 0.307 e. The van der Waals surface area contributed by atoms with Crippen LogP contribution in [0.5, 0.6) is 5.75 Å². The fourth-order valence-electron chi connectivity index (χ4n) is 1.17. The van der Waals surface area contributed by atoms with Crippen LogP contribution in [0.3, 0.4) is 0 Å². The fourth-order valence-corrected chi connectivity index (χ4v) is 1.17. The number of hydrogen-bond acceptors (Lipinski definition) is 2. The van der Waals surface area contributed by atoms with E-state index >= 15 is 0 Å². The average molecular weight is 198 g/mol. The Labute approximate surface area is 81.1 Å². The highest BCUT2D eigenvalue weighted by atomic mass is 19.1. The number of ether oxygens (including phenoxy) is 1. The first-order valence-electron chi connectivity index (χ1n) is 4.09. The molecule has 1 rings (SSSR count). The Hall–Kier alpha value is -1.58. The van der Waals surface area contributed by atoms with E-state index in [0.717, 1.165) is 0 Å². The number of aliphatic carboxylic acids is 1. The summed E-state index contributed by atoms with van der Waals surface area (Å²) >= 11 is 0. The molecular formula is C10H11FO3. The Bertz CT molecular complexity index is 361. The maximum absolute atomic E-state index is 13.2.